The Labute approximate surface area is 142 Å². The van der Waals surface area contributed by atoms with E-state index in [0.717, 1.165) is 5.82 Å². The SMILES string of the molecule is Cc1nc(Oc2ccccc2)cc(N2CCN(S(C)(=O)=O)CC2)n1. The Morgan fingerprint density at radius 1 is 1.04 bits per heavy atom. The smallest absolute Gasteiger partial charge is 0.224 e. The molecule has 0 aliphatic carbocycles. The Balaban J connectivity index is 1.75. The predicted molar refractivity (Wildman–Crippen MR) is 91.9 cm³/mol. The molecule has 1 aromatic carbocycles. The molecule has 0 atom stereocenters. The van der Waals surface area contributed by atoms with Crippen molar-refractivity contribution >= 4 is 15.8 Å². The Morgan fingerprint density at radius 2 is 1.71 bits per heavy atom. The van der Waals surface area contributed by atoms with Crippen LogP contribution in [-0.4, -0.2) is 55.1 Å². The number of ether oxygens (including phenoxy) is 1. The highest BCUT2D eigenvalue weighted by atomic mass is 32.2. The van der Waals surface area contributed by atoms with Crippen LogP contribution in [-0.2, 0) is 10.0 Å². The maximum Gasteiger partial charge on any atom is 0.224 e. The van der Waals surface area contributed by atoms with Gasteiger partial charge in [-0.2, -0.15) is 9.29 Å². The molecule has 0 spiro atoms. The predicted octanol–water partition coefficient (Wildman–Crippen LogP) is 1.66. The van der Waals surface area contributed by atoms with E-state index in [1.807, 2.05) is 42.2 Å². The van der Waals surface area contributed by atoms with Crippen molar-refractivity contribution < 1.29 is 13.2 Å². The fourth-order valence-electron chi connectivity index (χ4n) is 2.60. The highest BCUT2D eigenvalue weighted by Crippen LogP contribution is 2.24. The van der Waals surface area contributed by atoms with Gasteiger partial charge in [-0.1, -0.05) is 18.2 Å². The molecule has 0 radical (unpaired) electrons. The zero-order chi connectivity index (χ0) is 17.2. The zero-order valence-corrected chi connectivity index (χ0v) is 14.5. The van der Waals surface area contributed by atoms with E-state index in [4.69, 9.17) is 4.74 Å². The van der Waals surface area contributed by atoms with Crippen LogP contribution in [0.2, 0.25) is 0 Å². The summed E-state index contributed by atoms with van der Waals surface area (Å²) in [6, 6.07) is 11.2. The molecule has 2 aromatic rings. The van der Waals surface area contributed by atoms with Crippen molar-refractivity contribution in [3.63, 3.8) is 0 Å². The summed E-state index contributed by atoms with van der Waals surface area (Å²) in [7, 11) is -3.14. The molecule has 1 aromatic heterocycles. The van der Waals surface area contributed by atoms with Crippen LogP contribution in [0.5, 0.6) is 11.6 Å². The van der Waals surface area contributed by atoms with Crippen molar-refractivity contribution in [2.75, 3.05) is 37.3 Å². The van der Waals surface area contributed by atoms with Gasteiger partial charge in [0, 0.05) is 32.2 Å². The van der Waals surface area contributed by atoms with E-state index in [2.05, 4.69) is 9.97 Å². The van der Waals surface area contributed by atoms with Gasteiger partial charge < -0.3 is 9.64 Å². The third-order valence-corrected chi connectivity index (χ3v) is 5.10. The number of sulfonamides is 1. The molecular formula is C16H20N4O3S. The topological polar surface area (TPSA) is 75.6 Å². The van der Waals surface area contributed by atoms with Crippen molar-refractivity contribution in [3.05, 3.63) is 42.2 Å². The van der Waals surface area contributed by atoms with Crippen molar-refractivity contribution in [2.45, 2.75) is 6.92 Å². The van der Waals surface area contributed by atoms with Gasteiger partial charge in [-0.05, 0) is 19.1 Å². The molecular weight excluding hydrogens is 328 g/mol. The van der Waals surface area contributed by atoms with E-state index < -0.39 is 10.0 Å². The highest BCUT2D eigenvalue weighted by molar-refractivity contribution is 7.88. The van der Waals surface area contributed by atoms with Gasteiger partial charge in [0.05, 0.1) is 6.26 Å². The van der Waals surface area contributed by atoms with E-state index in [1.165, 1.54) is 10.6 Å². The van der Waals surface area contributed by atoms with Gasteiger partial charge in [-0.3, -0.25) is 0 Å². The van der Waals surface area contributed by atoms with Crippen LogP contribution in [0.4, 0.5) is 5.82 Å². The minimum absolute atomic E-state index is 0.455. The summed E-state index contributed by atoms with van der Waals surface area (Å²) < 4.78 is 30.5. The average Bonchev–Trinajstić information content (AvgIpc) is 2.54. The number of aromatic nitrogens is 2. The van der Waals surface area contributed by atoms with Crippen molar-refractivity contribution in [1.29, 1.82) is 0 Å². The number of para-hydroxylation sites is 1. The van der Waals surface area contributed by atoms with Crippen LogP contribution in [0, 0.1) is 6.92 Å². The molecule has 1 aliphatic heterocycles. The maximum absolute atomic E-state index is 11.6. The van der Waals surface area contributed by atoms with Crippen LogP contribution >= 0.6 is 0 Å². The lowest BCUT2D eigenvalue weighted by Crippen LogP contribution is -2.48. The number of anilines is 1. The normalized spacial score (nSPS) is 16.2. The van der Waals surface area contributed by atoms with E-state index >= 15 is 0 Å². The first-order valence-corrected chi connectivity index (χ1v) is 9.55. The van der Waals surface area contributed by atoms with Crippen LogP contribution in [0.3, 0.4) is 0 Å². The van der Waals surface area contributed by atoms with Gasteiger partial charge in [-0.15, -0.1) is 0 Å². The fourth-order valence-corrected chi connectivity index (χ4v) is 3.42. The van der Waals surface area contributed by atoms with Crippen LogP contribution in [0.1, 0.15) is 5.82 Å². The Hall–Kier alpha value is -2.19. The number of benzene rings is 1. The largest absolute Gasteiger partial charge is 0.439 e. The molecule has 1 fully saturated rings. The number of piperazine rings is 1. The second kappa shape index (κ2) is 6.74. The second-order valence-electron chi connectivity index (χ2n) is 5.68. The summed E-state index contributed by atoms with van der Waals surface area (Å²) in [5.74, 6) is 2.56. The molecule has 1 aliphatic rings. The van der Waals surface area contributed by atoms with Gasteiger partial charge in [0.1, 0.15) is 17.4 Å². The number of rotatable bonds is 4. The highest BCUT2D eigenvalue weighted by Gasteiger charge is 2.24. The number of nitrogens with zero attached hydrogens (tertiary/aromatic N) is 4. The summed E-state index contributed by atoms with van der Waals surface area (Å²) in [6.45, 7) is 3.91. The monoisotopic (exact) mass is 348 g/mol. The lowest BCUT2D eigenvalue weighted by atomic mass is 10.3. The molecule has 0 unspecified atom stereocenters. The van der Waals surface area contributed by atoms with Gasteiger partial charge in [-0.25, -0.2) is 13.4 Å². The zero-order valence-electron chi connectivity index (χ0n) is 13.7. The summed E-state index contributed by atoms with van der Waals surface area (Å²) in [6.07, 6.45) is 1.24. The van der Waals surface area contributed by atoms with Crippen molar-refractivity contribution in [2.24, 2.45) is 0 Å². The van der Waals surface area contributed by atoms with Crippen LogP contribution < -0.4 is 9.64 Å². The molecule has 24 heavy (non-hydrogen) atoms. The Kier molecular flexibility index (Phi) is 4.68. The summed E-state index contributed by atoms with van der Waals surface area (Å²) in [4.78, 5) is 10.8. The van der Waals surface area contributed by atoms with E-state index in [0.29, 0.717) is 43.6 Å². The van der Waals surface area contributed by atoms with Gasteiger partial charge >= 0.3 is 0 Å². The van der Waals surface area contributed by atoms with Crippen molar-refractivity contribution in [1.82, 2.24) is 14.3 Å². The number of hydrogen-bond acceptors (Lipinski definition) is 6. The fraction of sp³-hybridized carbons (Fsp3) is 0.375. The molecule has 0 saturated carbocycles. The minimum Gasteiger partial charge on any atom is -0.439 e. The maximum atomic E-state index is 11.6. The van der Waals surface area contributed by atoms with Gasteiger partial charge in [0.2, 0.25) is 15.9 Å². The first-order chi connectivity index (χ1) is 11.4. The molecule has 8 heteroatoms. The molecule has 1 saturated heterocycles. The van der Waals surface area contributed by atoms with Crippen molar-refractivity contribution in [3.8, 4) is 11.6 Å². The molecule has 7 nitrogen and oxygen atoms in total. The molecule has 128 valence electrons. The third-order valence-electron chi connectivity index (χ3n) is 3.80. The number of hydrogen-bond donors (Lipinski definition) is 0. The third kappa shape index (κ3) is 4.01. The molecule has 2 heterocycles. The van der Waals surface area contributed by atoms with E-state index in [9.17, 15) is 8.42 Å². The molecule has 0 bridgehead atoms. The van der Waals surface area contributed by atoms with E-state index in [1.54, 1.807) is 6.07 Å². The molecule has 3 rings (SSSR count). The lowest BCUT2D eigenvalue weighted by Gasteiger charge is -2.34. The minimum atomic E-state index is -3.14. The number of aryl methyl sites for hydroxylation is 1. The van der Waals surface area contributed by atoms with Crippen LogP contribution in [0.25, 0.3) is 0 Å². The molecule has 0 amide bonds. The summed E-state index contributed by atoms with van der Waals surface area (Å²) in [5, 5.41) is 0. The van der Waals surface area contributed by atoms with Gasteiger partial charge in [0.25, 0.3) is 0 Å². The standard InChI is InChI=1S/C16H20N4O3S/c1-13-17-15(19-8-10-20(11-9-19)24(2,21)22)12-16(18-13)23-14-6-4-3-5-7-14/h3-7,12H,8-11H2,1-2H3. The first kappa shape index (κ1) is 16.7. The Bertz CT molecular complexity index is 803. The second-order valence-corrected chi connectivity index (χ2v) is 7.66. The quantitative estimate of drug-likeness (QED) is 0.836. The summed E-state index contributed by atoms with van der Waals surface area (Å²) in [5.41, 5.74) is 0. The van der Waals surface area contributed by atoms with Gasteiger partial charge in [0.15, 0.2) is 0 Å². The lowest BCUT2D eigenvalue weighted by molar-refractivity contribution is 0.386. The average molecular weight is 348 g/mol. The van der Waals surface area contributed by atoms with Crippen LogP contribution in [0.15, 0.2) is 36.4 Å². The first-order valence-electron chi connectivity index (χ1n) is 7.70. The van der Waals surface area contributed by atoms with E-state index in [-0.39, 0.29) is 0 Å². The Morgan fingerprint density at radius 3 is 2.33 bits per heavy atom. The molecule has 0 N–H and O–H groups in total. The summed E-state index contributed by atoms with van der Waals surface area (Å²) >= 11 is 0.